The van der Waals surface area contributed by atoms with E-state index in [0.717, 1.165) is 17.8 Å². The number of hydrogen-bond donors (Lipinski definition) is 1. The second kappa shape index (κ2) is 3.87. The summed E-state index contributed by atoms with van der Waals surface area (Å²) >= 11 is 0. The summed E-state index contributed by atoms with van der Waals surface area (Å²) in [6.07, 6.45) is 13.8. The van der Waals surface area contributed by atoms with Crippen LogP contribution in [-0.2, 0) is 0 Å². The van der Waals surface area contributed by atoms with E-state index < -0.39 is 0 Å². The molecule has 1 atom stereocenters. The van der Waals surface area contributed by atoms with E-state index in [-0.39, 0.29) is 0 Å². The molecule has 0 spiro atoms. The van der Waals surface area contributed by atoms with E-state index in [1.807, 2.05) is 0 Å². The zero-order valence-corrected chi connectivity index (χ0v) is 10.7. The van der Waals surface area contributed by atoms with Gasteiger partial charge in [0.15, 0.2) is 0 Å². The van der Waals surface area contributed by atoms with Gasteiger partial charge in [-0.2, -0.15) is 0 Å². The monoisotopic (exact) mass is 219 g/mol. The van der Waals surface area contributed by atoms with E-state index in [4.69, 9.17) is 0 Å². The molecular weight excluding hydrogens is 194 g/mol. The Morgan fingerprint density at radius 1 is 1.06 bits per heavy atom. The minimum Gasteiger partial charge on any atom is -0.313 e. The van der Waals surface area contributed by atoms with Gasteiger partial charge in [0.25, 0.3) is 0 Å². The van der Waals surface area contributed by atoms with E-state index in [9.17, 15) is 0 Å². The van der Waals surface area contributed by atoms with Crippen LogP contribution in [0, 0.1) is 23.2 Å². The number of rotatable bonds is 3. The lowest BCUT2D eigenvalue weighted by Crippen LogP contribution is -2.54. The second-order valence-electron chi connectivity index (χ2n) is 6.57. The van der Waals surface area contributed by atoms with E-state index >= 15 is 0 Å². The highest BCUT2D eigenvalue weighted by molar-refractivity contribution is 5.11. The first-order valence-corrected chi connectivity index (χ1v) is 7.06. The molecule has 4 aliphatic rings. The maximum absolute atomic E-state index is 3.57. The van der Waals surface area contributed by atoms with Gasteiger partial charge < -0.3 is 5.32 Å². The summed E-state index contributed by atoms with van der Waals surface area (Å²) in [6.45, 7) is 2.16. The Bertz CT molecular complexity index is 257. The van der Waals surface area contributed by atoms with Gasteiger partial charge >= 0.3 is 0 Å². The van der Waals surface area contributed by atoms with E-state index in [1.165, 1.54) is 19.3 Å². The van der Waals surface area contributed by atoms with Crippen molar-refractivity contribution in [2.24, 2.45) is 23.2 Å². The van der Waals surface area contributed by atoms with Crippen molar-refractivity contribution >= 4 is 0 Å². The van der Waals surface area contributed by atoms with Crippen molar-refractivity contribution in [3.63, 3.8) is 0 Å². The minimum atomic E-state index is 0.621. The van der Waals surface area contributed by atoms with Crippen LogP contribution < -0.4 is 5.32 Å². The highest BCUT2D eigenvalue weighted by Gasteiger charge is 2.53. The summed E-state index contributed by atoms with van der Waals surface area (Å²) < 4.78 is 0. The first-order valence-electron chi connectivity index (χ1n) is 7.06. The quantitative estimate of drug-likeness (QED) is 0.718. The molecule has 4 aliphatic carbocycles. The molecule has 0 aromatic carbocycles. The van der Waals surface area contributed by atoms with Gasteiger partial charge in [-0.05, 0) is 75.7 Å². The number of hydrogen-bond acceptors (Lipinski definition) is 1. The van der Waals surface area contributed by atoms with Crippen LogP contribution in [0.5, 0.6) is 0 Å². The largest absolute Gasteiger partial charge is 0.313 e. The van der Waals surface area contributed by atoms with Crippen LogP contribution in [0.2, 0.25) is 0 Å². The molecule has 0 amide bonds. The van der Waals surface area contributed by atoms with Gasteiger partial charge in [0.2, 0.25) is 0 Å². The first-order chi connectivity index (χ1) is 7.75. The van der Waals surface area contributed by atoms with E-state index in [2.05, 4.69) is 31.4 Å². The lowest BCUT2D eigenvalue weighted by atomic mass is 9.47. The predicted octanol–water partition coefficient (Wildman–Crippen LogP) is 3.37. The molecule has 0 aromatic heterocycles. The fourth-order valence-electron chi connectivity index (χ4n) is 5.36. The number of likely N-dealkylation sites (N-methyl/N-ethyl adjacent to an activating group) is 1. The average Bonchev–Trinajstić information content (AvgIpc) is 2.23. The standard InChI is InChI=1S/C15H25N/c1-3-4-14(16-2)15-8-11-5-12(9-15)7-13(6-11)10-15/h3-4,11-14,16H,5-10H2,1-2H3/b4-3+. The van der Waals surface area contributed by atoms with Gasteiger partial charge in [0, 0.05) is 6.04 Å². The fourth-order valence-corrected chi connectivity index (χ4v) is 5.36. The highest BCUT2D eigenvalue weighted by Crippen LogP contribution is 2.61. The summed E-state index contributed by atoms with van der Waals surface area (Å²) in [6, 6.07) is 0.630. The van der Waals surface area contributed by atoms with Crippen molar-refractivity contribution in [3.8, 4) is 0 Å². The zero-order valence-electron chi connectivity index (χ0n) is 10.7. The molecule has 1 heteroatoms. The van der Waals surface area contributed by atoms with Crippen LogP contribution in [-0.4, -0.2) is 13.1 Å². The molecule has 1 unspecified atom stereocenters. The van der Waals surface area contributed by atoms with Crippen LogP contribution >= 0.6 is 0 Å². The van der Waals surface area contributed by atoms with Gasteiger partial charge in [0.05, 0.1) is 0 Å². The lowest BCUT2D eigenvalue weighted by Gasteiger charge is -2.59. The second-order valence-corrected chi connectivity index (χ2v) is 6.57. The Morgan fingerprint density at radius 2 is 1.56 bits per heavy atom. The molecule has 4 bridgehead atoms. The molecule has 0 aromatic rings. The van der Waals surface area contributed by atoms with Gasteiger partial charge in [0.1, 0.15) is 0 Å². The van der Waals surface area contributed by atoms with Crippen LogP contribution in [0.25, 0.3) is 0 Å². The molecule has 0 heterocycles. The molecule has 1 nitrogen and oxygen atoms in total. The summed E-state index contributed by atoms with van der Waals surface area (Å²) in [7, 11) is 2.14. The fraction of sp³-hybridized carbons (Fsp3) is 0.867. The molecule has 4 fully saturated rings. The summed E-state index contributed by atoms with van der Waals surface area (Å²) in [5, 5.41) is 3.57. The van der Waals surface area contributed by atoms with E-state index in [0.29, 0.717) is 11.5 Å². The molecule has 0 aliphatic heterocycles. The zero-order chi connectivity index (χ0) is 11.2. The molecule has 4 rings (SSSR count). The smallest absolute Gasteiger partial charge is 0.0304 e. The predicted molar refractivity (Wildman–Crippen MR) is 68.3 cm³/mol. The van der Waals surface area contributed by atoms with Crippen molar-refractivity contribution in [3.05, 3.63) is 12.2 Å². The van der Waals surface area contributed by atoms with Crippen LogP contribution in [0.3, 0.4) is 0 Å². The van der Waals surface area contributed by atoms with Gasteiger partial charge in [-0.25, -0.2) is 0 Å². The maximum Gasteiger partial charge on any atom is 0.0304 e. The topological polar surface area (TPSA) is 12.0 Å². The Balaban J connectivity index is 1.87. The molecule has 4 saturated carbocycles. The van der Waals surface area contributed by atoms with Crippen molar-refractivity contribution in [1.29, 1.82) is 0 Å². The molecular formula is C15H25N. The van der Waals surface area contributed by atoms with Gasteiger partial charge in [-0.3, -0.25) is 0 Å². The highest BCUT2D eigenvalue weighted by atomic mass is 14.9. The third-order valence-corrected chi connectivity index (χ3v) is 5.44. The molecule has 90 valence electrons. The number of allylic oxidation sites excluding steroid dienone is 1. The number of nitrogens with one attached hydrogen (secondary N) is 1. The summed E-state index contributed by atoms with van der Waals surface area (Å²) in [4.78, 5) is 0. The van der Waals surface area contributed by atoms with Crippen molar-refractivity contribution in [2.75, 3.05) is 7.05 Å². The SMILES string of the molecule is C/C=C/C(NC)C12CC3CC(CC(C3)C1)C2. The van der Waals surface area contributed by atoms with Crippen molar-refractivity contribution in [1.82, 2.24) is 5.32 Å². The van der Waals surface area contributed by atoms with Crippen molar-refractivity contribution in [2.45, 2.75) is 51.5 Å². The summed E-state index contributed by atoms with van der Waals surface area (Å²) in [5.41, 5.74) is 0.621. The molecule has 16 heavy (non-hydrogen) atoms. The Hall–Kier alpha value is -0.300. The first kappa shape index (κ1) is 10.8. The third-order valence-electron chi connectivity index (χ3n) is 5.44. The summed E-state index contributed by atoms with van der Waals surface area (Å²) in [5.74, 6) is 3.19. The van der Waals surface area contributed by atoms with Crippen LogP contribution in [0.15, 0.2) is 12.2 Å². The van der Waals surface area contributed by atoms with E-state index in [1.54, 1.807) is 19.3 Å². The third kappa shape index (κ3) is 1.55. The normalized spacial score (nSPS) is 47.8. The Kier molecular flexibility index (Phi) is 2.62. The Morgan fingerprint density at radius 3 is 1.94 bits per heavy atom. The van der Waals surface area contributed by atoms with Gasteiger partial charge in [-0.1, -0.05) is 12.2 Å². The molecule has 0 radical (unpaired) electrons. The Labute approximate surface area is 99.7 Å². The van der Waals surface area contributed by atoms with Crippen LogP contribution in [0.1, 0.15) is 45.4 Å². The molecule has 1 N–H and O–H groups in total. The molecule has 0 saturated heterocycles. The van der Waals surface area contributed by atoms with Crippen molar-refractivity contribution < 1.29 is 0 Å². The lowest BCUT2D eigenvalue weighted by molar-refractivity contribution is -0.0639. The van der Waals surface area contributed by atoms with Crippen LogP contribution in [0.4, 0.5) is 0 Å². The maximum atomic E-state index is 3.57. The van der Waals surface area contributed by atoms with Gasteiger partial charge in [-0.15, -0.1) is 0 Å². The average molecular weight is 219 g/mol. The minimum absolute atomic E-state index is 0.621.